The van der Waals surface area contributed by atoms with Crippen LogP contribution in [0.3, 0.4) is 0 Å². The fourth-order valence-corrected chi connectivity index (χ4v) is 4.63. The third-order valence-corrected chi connectivity index (χ3v) is 5.68. The minimum atomic E-state index is -0.353. The second-order valence-electron chi connectivity index (χ2n) is 4.81. The lowest BCUT2D eigenvalue weighted by Crippen LogP contribution is -2.34. The van der Waals surface area contributed by atoms with Gasteiger partial charge < -0.3 is 10.2 Å². The van der Waals surface area contributed by atoms with E-state index in [4.69, 9.17) is 0 Å². The second-order valence-corrected chi connectivity index (χ2v) is 7.31. The highest BCUT2D eigenvalue weighted by molar-refractivity contribution is 7.99. The lowest BCUT2D eigenvalue weighted by molar-refractivity contribution is 0.215. The molecule has 1 atom stereocenters. The Morgan fingerprint density at radius 3 is 2.95 bits per heavy atom. The van der Waals surface area contributed by atoms with Crippen molar-refractivity contribution < 1.29 is 9.18 Å². The summed E-state index contributed by atoms with van der Waals surface area (Å²) >= 11 is 3.47. The molecule has 1 fully saturated rings. The number of nitrogens with zero attached hydrogens (tertiary/aromatic N) is 1. The number of aryl methyl sites for hydroxylation is 1. The monoisotopic (exact) mass is 322 g/mol. The zero-order valence-electron chi connectivity index (χ0n) is 11.5. The molecule has 0 radical (unpaired) electrons. The van der Waals surface area contributed by atoms with Crippen LogP contribution in [-0.2, 0) is 0 Å². The highest BCUT2D eigenvalue weighted by Gasteiger charge is 2.31. The molecule has 3 nitrogen and oxygen atoms in total. The van der Waals surface area contributed by atoms with Crippen molar-refractivity contribution in [1.82, 2.24) is 4.90 Å². The first-order valence-electron chi connectivity index (χ1n) is 6.64. The quantitative estimate of drug-likeness (QED) is 0.884. The van der Waals surface area contributed by atoms with E-state index in [0.717, 1.165) is 5.75 Å². The lowest BCUT2D eigenvalue weighted by atomic mass is 10.3. The Morgan fingerprint density at radius 2 is 2.24 bits per heavy atom. The van der Waals surface area contributed by atoms with Crippen LogP contribution in [-0.4, -0.2) is 23.2 Å². The fraction of sp³-hybridized carbons (Fsp3) is 0.267. The van der Waals surface area contributed by atoms with Gasteiger partial charge in [-0.25, -0.2) is 9.18 Å². The first-order chi connectivity index (χ1) is 10.1. The van der Waals surface area contributed by atoms with E-state index < -0.39 is 0 Å². The summed E-state index contributed by atoms with van der Waals surface area (Å²) in [4.78, 5) is 16.6. The van der Waals surface area contributed by atoms with Gasteiger partial charge in [-0.3, -0.25) is 0 Å². The number of halogens is 1. The second kappa shape index (κ2) is 6.07. The van der Waals surface area contributed by atoms with Crippen molar-refractivity contribution >= 4 is 34.8 Å². The Balaban J connectivity index is 1.74. The van der Waals surface area contributed by atoms with Gasteiger partial charge in [0.25, 0.3) is 0 Å². The van der Waals surface area contributed by atoms with E-state index >= 15 is 0 Å². The predicted molar refractivity (Wildman–Crippen MR) is 86.4 cm³/mol. The number of amides is 2. The standard InChI is InChI=1S/C15H15FN2OS2/c1-10-5-6-13(21-10)14-18(7-8-20-14)15(19)17-12-4-2-3-11(16)9-12/h2-6,9,14H,7-8H2,1H3,(H,17,19)/t14-/m0/s1. The molecule has 110 valence electrons. The summed E-state index contributed by atoms with van der Waals surface area (Å²) < 4.78 is 13.2. The molecule has 1 aliphatic rings. The van der Waals surface area contributed by atoms with Gasteiger partial charge in [0.15, 0.2) is 0 Å². The number of urea groups is 1. The Hall–Kier alpha value is -1.53. The van der Waals surface area contributed by atoms with Crippen LogP contribution in [0.15, 0.2) is 36.4 Å². The zero-order valence-corrected chi connectivity index (χ0v) is 13.1. The van der Waals surface area contributed by atoms with Crippen LogP contribution in [0.25, 0.3) is 0 Å². The van der Waals surface area contributed by atoms with Crippen molar-refractivity contribution in [2.45, 2.75) is 12.3 Å². The van der Waals surface area contributed by atoms with Gasteiger partial charge in [0, 0.05) is 27.7 Å². The molecule has 21 heavy (non-hydrogen) atoms. The van der Waals surface area contributed by atoms with E-state index in [1.54, 1.807) is 40.1 Å². The van der Waals surface area contributed by atoms with Crippen LogP contribution < -0.4 is 5.32 Å². The number of thioether (sulfide) groups is 1. The van der Waals surface area contributed by atoms with E-state index in [9.17, 15) is 9.18 Å². The molecule has 1 aromatic heterocycles. The molecule has 1 aromatic carbocycles. The zero-order chi connectivity index (χ0) is 14.8. The molecule has 6 heteroatoms. The van der Waals surface area contributed by atoms with Crippen molar-refractivity contribution in [3.05, 3.63) is 52.0 Å². The maximum Gasteiger partial charge on any atom is 0.323 e. The molecule has 0 unspecified atom stereocenters. The molecule has 1 saturated heterocycles. The maximum absolute atomic E-state index is 13.2. The Kier molecular flexibility index (Phi) is 4.17. The van der Waals surface area contributed by atoms with Gasteiger partial charge in [0.1, 0.15) is 11.2 Å². The highest BCUT2D eigenvalue weighted by atomic mass is 32.2. The molecule has 0 aliphatic carbocycles. The topological polar surface area (TPSA) is 32.3 Å². The van der Waals surface area contributed by atoms with E-state index in [1.165, 1.54) is 21.9 Å². The van der Waals surface area contributed by atoms with Crippen LogP contribution in [0.1, 0.15) is 15.1 Å². The predicted octanol–water partition coefficient (Wildman–Crippen LogP) is 4.48. The summed E-state index contributed by atoms with van der Waals surface area (Å²) in [5.74, 6) is 0.562. The molecular weight excluding hydrogens is 307 g/mol. The number of hydrogen-bond acceptors (Lipinski definition) is 3. The summed E-state index contributed by atoms with van der Waals surface area (Å²) in [7, 11) is 0. The molecule has 1 N–H and O–H groups in total. The van der Waals surface area contributed by atoms with Gasteiger partial charge in [-0.2, -0.15) is 0 Å². The first kappa shape index (κ1) is 14.4. The van der Waals surface area contributed by atoms with E-state index in [1.807, 2.05) is 0 Å². The Labute approximate surface area is 131 Å². The number of hydrogen-bond donors (Lipinski definition) is 1. The normalized spacial score (nSPS) is 18.0. The molecular formula is C15H15FN2OS2. The summed E-state index contributed by atoms with van der Waals surface area (Å²) in [6.07, 6.45) is 0. The SMILES string of the molecule is Cc1ccc([C@@H]2SCCN2C(=O)Nc2cccc(F)c2)s1. The number of carbonyl (C=O) groups excluding carboxylic acids is 1. The van der Waals surface area contributed by atoms with Crippen molar-refractivity contribution in [1.29, 1.82) is 0 Å². The van der Waals surface area contributed by atoms with Gasteiger partial charge in [0.2, 0.25) is 0 Å². The van der Waals surface area contributed by atoms with Gasteiger partial charge in [-0.15, -0.1) is 23.1 Å². The summed E-state index contributed by atoms with van der Waals surface area (Å²) in [6, 6.07) is 9.93. The number of carbonyl (C=O) groups is 1. The van der Waals surface area contributed by atoms with E-state index in [2.05, 4.69) is 24.4 Å². The number of rotatable bonds is 2. The molecule has 2 aromatic rings. The van der Waals surface area contributed by atoms with Crippen molar-refractivity contribution in [3.63, 3.8) is 0 Å². The smallest absolute Gasteiger partial charge is 0.308 e. The Morgan fingerprint density at radius 1 is 1.38 bits per heavy atom. The molecule has 0 saturated carbocycles. The first-order valence-corrected chi connectivity index (χ1v) is 8.51. The largest absolute Gasteiger partial charge is 0.323 e. The number of nitrogens with one attached hydrogen (secondary N) is 1. The molecule has 2 amide bonds. The minimum Gasteiger partial charge on any atom is -0.308 e. The third kappa shape index (κ3) is 3.22. The van der Waals surface area contributed by atoms with Crippen LogP contribution in [0, 0.1) is 12.7 Å². The maximum atomic E-state index is 13.2. The fourth-order valence-electron chi connectivity index (χ4n) is 2.26. The van der Waals surface area contributed by atoms with Crippen molar-refractivity contribution in [2.24, 2.45) is 0 Å². The highest BCUT2D eigenvalue weighted by Crippen LogP contribution is 2.41. The minimum absolute atomic E-state index is 0.0530. The average Bonchev–Trinajstić information content (AvgIpc) is 3.06. The number of anilines is 1. The van der Waals surface area contributed by atoms with E-state index in [0.29, 0.717) is 12.2 Å². The van der Waals surface area contributed by atoms with Gasteiger partial charge in [0.05, 0.1) is 0 Å². The van der Waals surface area contributed by atoms with Crippen molar-refractivity contribution in [2.75, 3.05) is 17.6 Å². The number of benzene rings is 1. The average molecular weight is 322 g/mol. The van der Waals surface area contributed by atoms with Crippen LogP contribution >= 0.6 is 23.1 Å². The lowest BCUT2D eigenvalue weighted by Gasteiger charge is -2.23. The van der Waals surface area contributed by atoms with Gasteiger partial charge in [-0.05, 0) is 37.3 Å². The van der Waals surface area contributed by atoms with Crippen LogP contribution in [0.5, 0.6) is 0 Å². The summed E-state index contributed by atoms with van der Waals surface area (Å²) in [5.41, 5.74) is 0.484. The molecule has 0 spiro atoms. The van der Waals surface area contributed by atoms with Gasteiger partial charge in [-0.1, -0.05) is 6.07 Å². The van der Waals surface area contributed by atoms with E-state index in [-0.39, 0.29) is 17.2 Å². The third-order valence-electron chi connectivity index (χ3n) is 3.23. The Bertz CT molecular complexity index is 659. The molecule has 3 rings (SSSR count). The number of thiophene rings is 1. The molecule has 0 bridgehead atoms. The van der Waals surface area contributed by atoms with Crippen LogP contribution in [0.4, 0.5) is 14.9 Å². The molecule has 2 heterocycles. The summed E-state index contributed by atoms with van der Waals surface area (Å²) in [5, 5.41) is 2.82. The van der Waals surface area contributed by atoms with Crippen LogP contribution in [0.2, 0.25) is 0 Å². The van der Waals surface area contributed by atoms with Gasteiger partial charge >= 0.3 is 6.03 Å². The molecule has 1 aliphatic heterocycles. The summed E-state index contributed by atoms with van der Waals surface area (Å²) in [6.45, 7) is 2.76. The van der Waals surface area contributed by atoms with Crippen molar-refractivity contribution in [3.8, 4) is 0 Å².